The van der Waals surface area contributed by atoms with Crippen LogP contribution in [0.1, 0.15) is 11.1 Å². The average molecular weight is 248 g/mol. The molecular formula is C18H16O. The molecule has 0 aliphatic carbocycles. The highest BCUT2D eigenvalue weighted by molar-refractivity contribution is 5.87. The van der Waals surface area contributed by atoms with E-state index >= 15 is 0 Å². The zero-order chi connectivity index (χ0) is 13.1. The van der Waals surface area contributed by atoms with E-state index in [0.29, 0.717) is 6.61 Å². The summed E-state index contributed by atoms with van der Waals surface area (Å²) in [6.45, 7) is 2.72. The molecular weight excluding hydrogens is 232 g/mol. The van der Waals surface area contributed by atoms with Crippen molar-refractivity contribution in [3.05, 3.63) is 77.9 Å². The maximum Gasteiger partial charge on any atom is 0.123 e. The van der Waals surface area contributed by atoms with E-state index in [0.717, 1.165) is 5.75 Å². The standard InChI is InChI=1S/C18H16O/c1-14-17-10-6-5-9-16(17)11-12-18(14)19-13-15-7-3-2-4-8-15/h2-12H,13H2,1H3. The molecule has 0 fully saturated rings. The molecule has 0 N–H and O–H groups in total. The second kappa shape index (κ2) is 5.15. The Morgan fingerprint density at radius 1 is 0.789 bits per heavy atom. The fourth-order valence-electron chi connectivity index (χ4n) is 2.30. The van der Waals surface area contributed by atoms with E-state index in [4.69, 9.17) is 4.74 Å². The predicted octanol–water partition coefficient (Wildman–Crippen LogP) is 4.73. The predicted molar refractivity (Wildman–Crippen MR) is 79.5 cm³/mol. The van der Waals surface area contributed by atoms with Gasteiger partial charge in [-0.1, -0.05) is 60.7 Å². The van der Waals surface area contributed by atoms with Crippen molar-refractivity contribution in [2.75, 3.05) is 0 Å². The van der Waals surface area contributed by atoms with Crippen LogP contribution in [-0.4, -0.2) is 0 Å². The number of hydrogen-bond acceptors (Lipinski definition) is 1. The van der Waals surface area contributed by atoms with Crippen LogP contribution < -0.4 is 4.74 Å². The molecule has 1 nitrogen and oxygen atoms in total. The molecule has 0 amide bonds. The Morgan fingerprint density at radius 3 is 2.37 bits per heavy atom. The monoisotopic (exact) mass is 248 g/mol. The summed E-state index contributed by atoms with van der Waals surface area (Å²) in [7, 11) is 0. The highest BCUT2D eigenvalue weighted by Gasteiger charge is 2.04. The molecule has 0 aromatic heterocycles. The van der Waals surface area contributed by atoms with Gasteiger partial charge in [-0.3, -0.25) is 0 Å². The molecule has 3 aromatic rings. The molecule has 0 unspecified atom stereocenters. The van der Waals surface area contributed by atoms with Gasteiger partial charge in [0.2, 0.25) is 0 Å². The van der Waals surface area contributed by atoms with Crippen molar-refractivity contribution in [2.45, 2.75) is 13.5 Å². The summed E-state index contributed by atoms with van der Waals surface area (Å²) in [5, 5.41) is 2.51. The third kappa shape index (κ3) is 2.45. The fraction of sp³-hybridized carbons (Fsp3) is 0.111. The number of hydrogen-bond donors (Lipinski definition) is 0. The maximum atomic E-state index is 5.93. The van der Waals surface area contributed by atoms with Crippen LogP contribution in [0.4, 0.5) is 0 Å². The van der Waals surface area contributed by atoms with Crippen molar-refractivity contribution in [3.8, 4) is 5.75 Å². The first-order valence-electron chi connectivity index (χ1n) is 6.50. The zero-order valence-corrected chi connectivity index (χ0v) is 11.0. The van der Waals surface area contributed by atoms with Gasteiger partial charge in [0.05, 0.1) is 0 Å². The second-order valence-corrected chi connectivity index (χ2v) is 4.68. The Hall–Kier alpha value is -2.28. The van der Waals surface area contributed by atoms with Crippen LogP contribution in [-0.2, 0) is 6.61 Å². The molecule has 0 atom stereocenters. The lowest BCUT2D eigenvalue weighted by atomic mass is 10.0. The quantitative estimate of drug-likeness (QED) is 0.651. The van der Waals surface area contributed by atoms with E-state index in [-0.39, 0.29) is 0 Å². The van der Waals surface area contributed by atoms with Crippen LogP contribution >= 0.6 is 0 Å². The molecule has 0 aliphatic heterocycles. The van der Waals surface area contributed by atoms with E-state index < -0.39 is 0 Å². The van der Waals surface area contributed by atoms with Gasteiger partial charge < -0.3 is 4.74 Å². The third-order valence-corrected chi connectivity index (χ3v) is 3.39. The van der Waals surface area contributed by atoms with Gasteiger partial charge in [-0.2, -0.15) is 0 Å². The third-order valence-electron chi connectivity index (χ3n) is 3.39. The smallest absolute Gasteiger partial charge is 0.123 e. The fourth-order valence-corrected chi connectivity index (χ4v) is 2.30. The van der Waals surface area contributed by atoms with Gasteiger partial charge in [-0.25, -0.2) is 0 Å². The SMILES string of the molecule is Cc1c(OCc2ccccc2)ccc2ccccc12. The van der Waals surface area contributed by atoms with Gasteiger partial charge >= 0.3 is 0 Å². The molecule has 0 heterocycles. The van der Waals surface area contributed by atoms with E-state index in [2.05, 4.69) is 55.5 Å². The Kier molecular flexibility index (Phi) is 3.20. The van der Waals surface area contributed by atoms with Crippen molar-refractivity contribution >= 4 is 10.8 Å². The first-order chi connectivity index (χ1) is 9.34. The Bertz CT molecular complexity index is 686. The van der Waals surface area contributed by atoms with E-state index in [9.17, 15) is 0 Å². The Balaban J connectivity index is 1.87. The number of benzene rings is 3. The molecule has 0 saturated carbocycles. The summed E-state index contributed by atoms with van der Waals surface area (Å²) in [4.78, 5) is 0. The summed E-state index contributed by atoms with van der Waals surface area (Å²) in [5.41, 5.74) is 2.39. The molecule has 94 valence electrons. The molecule has 0 aliphatic rings. The van der Waals surface area contributed by atoms with E-state index in [1.807, 2.05) is 18.2 Å². The Labute approximate surface area is 113 Å². The number of ether oxygens (including phenoxy) is 1. The van der Waals surface area contributed by atoms with Crippen molar-refractivity contribution in [1.82, 2.24) is 0 Å². The van der Waals surface area contributed by atoms with Crippen LogP contribution in [0.5, 0.6) is 5.75 Å². The van der Waals surface area contributed by atoms with E-state index in [1.54, 1.807) is 0 Å². The summed E-state index contributed by atoms with van der Waals surface area (Å²) in [6.07, 6.45) is 0. The molecule has 0 radical (unpaired) electrons. The minimum Gasteiger partial charge on any atom is -0.489 e. The van der Waals surface area contributed by atoms with Gasteiger partial charge in [0.15, 0.2) is 0 Å². The minimum absolute atomic E-state index is 0.611. The van der Waals surface area contributed by atoms with Crippen molar-refractivity contribution in [3.63, 3.8) is 0 Å². The number of aryl methyl sites for hydroxylation is 1. The van der Waals surface area contributed by atoms with Crippen LogP contribution in [0.15, 0.2) is 66.7 Å². The molecule has 0 saturated heterocycles. The molecule has 1 heteroatoms. The van der Waals surface area contributed by atoms with Crippen LogP contribution in [0.3, 0.4) is 0 Å². The highest BCUT2D eigenvalue weighted by atomic mass is 16.5. The minimum atomic E-state index is 0.611. The first-order valence-corrected chi connectivity index (χ1v) is 6.50. The summed E-state index contributed by atoms with van der Waals surface area (Å²) in [5.74, 6) is 0.961. The van der Waals surface area contributed by atoms with E-state index in [1.165, 1.54) is 21.9 Å². The lowest BCUT2D eigenvalue weighted by Crippen LogP contribution is -1.97. The number of rotatable bonds is 3. The van der Waals surface area contributed by atoms with Gasteiger partial charge in [0.1, 0.15) is 12.4 Å². The van der Waals surface area contributed by atoms with Crippen LogP contribution in [0, 0.1) is 6.92 Å². The second-order valence-electron chi connectivity index (χ2n) is 4.68. The summed E-state index contributed by atoms with van der Waals surface area (Å²) in [6, 6.07) is 22.8. The molecule has 3 aromatic carbocycles. The van der Waals surface area contributed by atoms with Gasteiger partial charge in [-0.05, 0) is 34.9 Å². The Morgan fingerprint density at radius 2 is 1.53 bits per heavy atom. The largest absolute Gasteiger partial charge is 0.489 e. The normalized spacial score (nSPS) is 10.6. The topological polar surface area (TPSA) is 9.23 Å². The van der Waals surface area contributed by atoms with Crippen molar-refractivity contribution < 1.29 is 4.74 Å². The highest BCUT2D eigenvalue weighted by Crippen LogP contribution is 2.27. The average Bonchev–Trinajstić information content (AvgIpc) is 2.48. The number of fused-ring (bicyclic) bond motifs is 1. The van der Waals surface area contributed by atoms with Crippen molar-refractivity contribution in [2.24, 2.45) is 0 Å². The van der Waals surface area contributed by atoms with Gasteiger partial charge in [0, 0.05) is 0 Å². The van der Waals surface area contributed by atoms with Crippen molar-refractivity contribution in [1.29, 1.82) is 0 Å². The molecule has 19 heavy (non-hydrogen) atoms. The van der Waals surface area contributed by atoms with Crippen LogP contribution in [0.25, 0.3) is 10.8 Å². The van der Waals surface area contributed by atoms with Gasteiger partial charge in [-0.15, -0.1) is 0 Å². The van der Waals surface area contributed by atoms with Crippen LogP contribution in [0.2, 0.25) is 0 Å². The molecule has 3 rings (SSSR count). The first kappa shape index (κ1) is 11.8. The maximum absolute atomic E-state index is 5.93. The lowest BCUT2D eigenvalue weighted by Gasteiger charge is -2.11. The molecule has 0 spiro atoms. The summed E-state index contributed by atoms with van der Waals surface area (Å²) < 4.78 is 5.93. The summed E-state index contributed by atoms with van der Waals surface area (Å²) >= 11 is 0. The molecule has 0 bridgehead atoms. The zero-order valence-electron chi connectivity index (χ0n) is 11.0. The lowest BCUT2D eigenvalue weighted by molar-refractivity contribution is 0.304. The van der Waals surface area contributed by atoms with Gasteiger partial charge in [0.25, 0.3) is 0 Å².